The van der Waals surface area contributed by atoms with Crippen molar-refractivity contribution in [3.8, 4) is 0 Å². The highest BCUT2D eigenvalue weighted by atomic mass is 35.5. The van der Waals surface area contributed by atoms with E-state index in [4.69, 9.17) is 11.6 Å². The minimum Gasteiger partial charge on any atom is -0.362 e. The molecular formula is C18H22ClN3O3S2. The fraction of sp³-hybridized carbons (Fsp3) is 0.389. The first-order valence-corrected chi connectivity index (χ1v) is 11.4. The van der Waals surface area contributed by atoms with Crippen LogP contribution >= 0.6 is 22.9 Å². The second-order valence-corrected chi connectivity index (χ2v) is 10.1. The van der Waals surface area contributed by atoms with E-state index < -0.39 is 10.0 Å². The summed E-state index contributed by atoms with van der Waals surface area (Å²) >= 11 is 6.91. The molecule has 2 heterocycles. The van der Waals surface area contributed by atoms with Crippen molar-refractivity contribution in [2.24, 2.45) is 0 Å². The van der Waals surface area contributed by atoms with E-state index in [-0.39, 0.29) is 16.7 Å². The summed E-state index contributed by atoms with van der Waals surface area (Å²) in [5.41, 5.74) is 1.00. The number of thiophene rings is 1. The van der Waals surface area contributed by atoms with Crippen LogP contribution in [0.4, 0.5) is 5.69 Å². The fourth-order valence-corrected chi connectivity index (χ4v) is 6.09. The molecule has 146 valence electrons. The highest BCUT2D eigenvalue weighted by Gasteiger charge is 2.31. The van der Waals surface area contributed by atoms with Gasteiger partial charge in [-0.25, -0.2) is 8.42 Å². The number of halogens is 1. The molecule has 2 aromatic rings. The Hall–Kier alpha value is -1.61. The van der Waals surface area contributed by atoms with E-state index in [1.807, 2.05) is 42.2 Å². The second kappa shape index (κ2) is 8.60. The van der Waals surface area contributed by atoms with Crippen LogP contribution in [0, 0.1) is 0 Å². The SMILES string of the molecule is CCN(CC(=O)N1CCN(S(=O)(=O)c2ccc(Cl)s2)CC1)c1ccccc1. The number of benzene rings is 1. The predicted octanol–water partition coefficient (Wildman–Crippen LogP) is 2.76. The summed E-state index contributed by atoms with van der Waals surface area (Å²) in [6.07, 6.45) is 0. The molecule has 1 aromatic carbocycles. The van der Waals surface area contributed by atoms with E-state index in [1.165, 1.54) is 10.4 Å². The molecule has 0 saturated carbocycles. The van der Waals surface area contributed by atoms with E-state index in [2.05, 4.69) is 0 Å². The van der Waals surface area contributed by atoms with E-state index >= 15 is 0 Å². The highest BCUT2D eigenvalue weighted by Crippen LogP contribution is 2.28. The Morgan fingerprint density at radius 2 is 1.78 bits per heavy atom. The molecule has 1 fully saturated rings. The maximum absolute atomic E-state index is 12.7. The molecule has 0 aliphatic carbocycles. The summed E-state index contributed by atoms with van der Waals surface area (Å²) in [5.74, 6) is 0.0110. The number of carbonyl (C=O) groups excluding carboxylic acids is 1. The molecule has 27 heavy (non-hydrogen) atoms. The average molecular weight is 428 g/mol. The molecule has 0 spiro atoms. The standard InChI is InChI=1S/C18H22ClN3O3S2/c1-2-20(15-6-4-3-5-7-15)14-17(23)21-10-12-22(13-11-21)27(24,25)18-9-8-16(19)26-18/h3-9H,2,10-14H2,1H3. The first-order valence-electron chi connectivity index (χ1n) is 8.75. The van der Waals surface area contributed by atoms with Gasteiger partial charge in [0, 0.05) is 38.4 Å². The van der Waals surface area contributed by atoms with Gasteiger partial charge in [0.15, 0.2) is 0 Å². The minimum atomic E-state index is -3.54. The van der Waals surface area contributed by atoms with Crippen molar-refractivity contribution in [1.29, 1.82) is 0 Å². The molecule has 3 rings (SSSR count). The summed E-state index contributed by atoms with van der Waals surface area (Å²) in [6, 6.07) is 12.9. The lowest BCUT2D eigenvalue weighted by Crippen LogP contribution is -2.52. The lowest BCUT2D eigenvalue weighted by atomic mass is 10.2. The number of piperazine rings is 1. The van der Waals surface area contributed by atoms with Crippen LogP contribution in [0.5, 0.6) is 0 Å². The van der Waals surface area contributed by atoms with Crippen LogP contribution in [0.3, 0.4) is 0 Å². The minimum absolute atomic E-state index is 0.0110. The van der Waals surface area contributed by atoms with Gasteiger partial charge >= 0.3 is 0 Å². The molecule has 6 nitrogen and oxygen atoms in total. The Morgan fingerprint density at radius 1 is 1.11 bits per heavy atom. The summed E-state index contributed by atoms with van der Waals surface area (Å²) in [4.78, 5) is 16.4. The summed E-state index contributed by atoms with van der Waals surface area (Å²) < 4.78 is 27.4. The van der Waals surface area contributed by atoms with Gasteiger partial charge in [-0.1, -0.05) is 29.8 Å². The zero-order chi connectivity index (χ0) is 19.4. The third-order valence-electron chi connectivity index (χ3n) is 4.56. The number of likely N-dealkylation sites (N-methyl/N-ethyl adjacent to an activating group) is 1. The summed E-state index contributed by atoms with van der Waals surface area (Å²) in [5, 5.41) is 0. The van der Waals surface area contributed by atoms with Crippen molar-refractivity contribution in [3.05, 3.63) is 46.8 Å². The molecule has 1 amide bonds. The van der Waals surface area contributed by atoms with Gasteiger partial charge in [0.25, 0.3) is 10.0 Å². The Morgan fingerprint density at radius 3 is 2.33 bits per heavy atom. The van der Waals surface area contributed by atoms with Crippen LogP contribution in [-0.2, 0) is 14.8 Å². The molecule has 0 atom stereocenters. The van der Waals surface area contributed by atoms with Crippen molar-refractivity contribution in [1.82, 2.24) is 9.21 Å². The molecule has 1 aromatic heterocycles. The third-order valence-corrected chi connectivity index (χ3v) is 8.16. The molecule has 1 saturated heterocycles. The highest BCUT2D eigenvalue weighted by molar-refractivity contribution is 7.91. The number of sulfonamides is 1. The Bertz CT molecular complexity index is 878. The van der Waals surface area contributed by atoms with Gasteiger partial charge < -0.3 is 9.80 Å². The van der Waals surface area contributed by atoms with Crippen LogP contribution in [0.1, 0.15) is 6.92 Å². The van der Waals surface area contributed by atoms with Gasteiger partial charge in [0.1, 0.15) is 4.21 Å². The number of para-hydroxylation sites is 1. The largest absolute Gasteiger partial charge is 0.362 e. The number of hydrogen-bond donors (Lipinski definition) is 0. The van der Waals surface area contributed by atoms with Crippen LogP contribution in [0.15, 0.2) is 46.7 Å². The zero-order valence-corrected chi connectivity index (χ0v) is 17.4. The Kier molecular flexibility index (Phi) is 6.41. The average Bonchev–Trinajstić information content (AvgIpc) is 3.14. The van der Waals surface area contributed by atoms with Crippen LogP contribution < -0.4 is 4.90 Å². The van der Waals surface area contributed by atoms with E-state index in [9.17, 15) is 13.2 Å². The molecular weight excluding hydrogens is 406 g/mol. The molecule has 0 bridgehead atoms. The number of rotatable bonds is 6. The fourth-order valence-electron chi connectivity index (χ4n) is 3.03. The smallest absolute Gasteiger partial charge is 0.252 e. The van der Waals surface area contributed by atoms with Gasteiger partial charge in [-0.3, -0.25) is 4.79 Å². The lowest BCUT2D eigenvalue weighted by molar-refractivity contribution is -0.130. The topological polar surface area (TPSA) is 60.9 Å². The molecule has 0 radical (unpaired) electrons. The van der Waals surface area contributed by atoms with Crippen molar-refractivity contribution >= 4 is 44.6 Å². The van der Waals surface area contributed by atoms with Crippen molar-refractivity contribution in [2.45, 2.75) is 11.1 Å². The summed E-state index contributed by atoms with van der Waals surface area (Å²) in [7, 11) is -3.54. The van der Waals surface area contributed by atoms with Gasteiger partial charge in [-0.2, -0.15) is 4.31 Å². The van der Waals surface area contributed by atoms with Crippen molar-refractivity contribution < 1.29 is 13.2 Å². The van der Waals surface area contributed by atoms with Gasteiger partial charge in [-0.05, 0) is 31.2 Å². The van der Waals surface area contributed by atoms with E-state index in [1.54, 1.807) is 11.0 Å². The van der Waals surface area contributed by atoms with Crippen LogP contribution in [-0.4, -0.2) is 62.8 Å². The third kappa shape index (κ3) is 4.63. The Balaban J connectivity index is 1.59. The first kappa shape index (κ1) is 20.1. The van der Waals surface area contributed by atoms with E-state index in [0.29, 0.717) is 30.5 Å². The lowest BCUT2D eigenvalue weighted by Gasteiger charge is -2.35. The predicted molar refractivity (Wildman–Crippen MR) is 109 cm³/mol. The van der Waals surface area contributed by atoms with Gasteiger partial charge in [-0.15, -0.1) is 11.3 Å². The molecule has 9 heteroatoms. The Labute approximate surface area is 169 Å². The number of amides is 1. The second-order valence-electron chi connectivity index (χ2n) is 6.19. The quantitative estimate of drug-likeness (QED) is 0.711. The maximum atomic E-state index is 12.7. The molecule has 0 unspecified atom stereocenters. The number of hydrogen-bond acceptors (Lipinski definition) is 5. The number of nitrogens with zero attached hydrogens (tertiary/aromatic N) is 3. The first-order chi connectivity index (χ1) is 12.9. The monoisotopic (exact) mass is 427 g/mol. The van der Waals surface area contributed by atoms with Crippen molar-refractivity contribution in [2.75, 3.05) is 44.2 Å². The molecule has 1 aliphatic rings. The number of anilines is 1. The van der Waals surface area contributed by atoms with Crippen LogP contribution in [0.25, 0.3) is 0 Å². The van der Waals surface area contributed by atoms with Gasteiger partial charge in [0.2, 0.25) is 5.91 Å². The number of carbonyl (C=O) groups is 1. The van der Waals surface area contributed by atoms with Crippen molar-refractivity contribution in [3.63, 3.8) is 0 Å². The van der Waals surface area contributed by atoms with E-state index in [0.717, 1.165) is 23.6 Å². The zero-order valence-electron chi connectivity index (χ0n) is 15.0. The molecule has 1 aliphatic heterocycles. The maximum Gasteiger partial charge on any atom is 0.252 e. The van der Waals surface area contributed by atoms with Crippen LogP contribution in [0.2, 0.25) is 4.34 Å². The van der Waals surface area contributed by atoms with Gasteiger partial charge in [0.05, 0.1) is 10.9 Å². The summed E-state index contributed by atoms with van der Waals surface area (Å²) in [6.45, 7) is 4.39. The normalized spacial score (nSPS) is 15.7. The molecule has 0 N–H and O–H groups in total.